The van der Waals surface area contributed by atoms with E-state index in [4.69, 9.17) is 5.73 Å². The predicted octanol–water partition coefficient (Wildman–Crippen LogP) is 2.86. The fourth-order valence-corrected chi connectivity index (χ4v) is 2.28. The molecule has 5 heteroatoms. The summed E-state index contributed by atoms with van der Waals surface area (Å²) in [5.74, 6) is 1.26. The molecule has 0 atom stereocenters. The predicted molar refractivity (Wildman–Crippen MR) is 93.2 cm³/mol. The van der Waals surface area contributed by atoms with Crippen LogP contribution < -0.4 is 11.1 Å². The van der Waals surface area contributed by atoms with Gasteiger partial charge in [-0.15, -0.1) is 0 Å². The maximum atomic E-state index is 5.93. The number of nitrogens with zero attached hydrogens (tertiary/aromatic N) is 3. The topological polar surface area (TPSA) is 68.2 Å². The van der Waals surface area contributed by atoms with Gasteiger partial charge in [-0.25, -0.2) is 9.98 Å². The summed E-state index contributed by atoms with van der Waals surface area (Å²) in [6.45, 7) is 1.21. The van der Waals surface area contributed by atoms with Crippen molar-refractivity contribution in [1.29, 1.82) is 0 Å². The van der Waals surface area contributed by atoms with E-state index in [1.54, 1.807) is 6.20 Å². The molecule has 3 N–H and O–H groups in total. The number of imidazole rings is 1. The molecule has 0 saturated heterocycles. The van der Waals surface area contributed by atoms with Crippen molar-refractivity contribution in [1.82, 2.24) is 9.55 Å². The van der Waals surface area contributed by atoms with Crippen LogP contribution in [-0.2, 0) is 13.1 Å². The van der Waals surface area contributed by atoms with Crippen LogP contribution in [-0.4, -0.2) is 15.5 Å². The van der Waals surface area contributed by atoms with Crippen LogP contribution in [0.1, 0.15) is 11.4 Å². The molecule has 0 bridgehead atoms. The molecule has 0 amide bonds. The monoisotopic (exact) mass is 305 g/mol. The van der Waals surface area contributed by atoms with Crippen molar-refractivity contribution in [3.05, 3.63) is 84.4 Å². The second-order valence-corrected chi connectivity index (χ2v) is 5.15. The molecule has 0 aliphatic heterocycles. The van der Waals surface area contributed by atoms with Gasteiger partial charge in [0.2, 0.25) is 0 Å². The van der Waals surface area contributed by atoms with E-state index in [0.29, 0.717) is 12.5 Å². The average molecular weight is 305 g/mol. The van der Waals surface area contributed by atoms with Gasteiger partial charge in [0.15, 0.2) is 5.96 Å². The van der Waals surface area contributed by atoms with E-state index in [1.165, 1.54) is 5.56 Å². The highest BCUT2D eigenvalue weighted by molar-refractivity contribution is 5.92. The molecule has 1 aromatic heterocycles. The van der Waals surface area contributed by atoms with Crippen LogP contribution in [0.2, 0.25) is 0 Å². The Balaban J connectivity index is 1.64. The normalized spacial score (nSPS) is 11.4. The summed E-state index contributed by atoms with van der Waals surface area (Å²) in [4.78, 5) is 8.73. The van der Waals surface area contributed by atoms with Crippen LogP contribution in [0.3, 0.4) is 0 Å². The molecular weight excluding hydrogens is 286 g/mol. The summed E-state index contributed by atoms with van der Waals surface area (Å²) in [6, 6.07) is 20.0. The zero-order valence-corrected chi connectivity index (χ0v) is 12.8. The van der Waals surface area contributed by atoms with Crippen LogP contribution in [0.25, 0.3) is 0 Å². The SMILES string of the molecule is NC(=NCc1nccn1Cc1ccccc1)Nc1ccccc1. The van der Waals surface area contributed by atoms with E-state index in [0.717, 1.165) is 18.1 Å². The van der Waals surface area contributed by atoms with Gasteiger partial charge in [-0.2, -0.15) is 0 Å². The molecule has 2 aromatic carbocycles. The molecular formula is C18H19N5. The second kappa shape index (κ2) is 7.26. The third-order valence-corrected chi connectivity index (χ3v) is 3.43. The van der Waals surface area contributed by atoms with Gasteiger partial charge >= 0.3 is 0 Å². The number of rotatable bonds is 5. The molecule has 0 aliphatic rings. The Hall–Kier alpha value is -3.08. The summed E-state index contributed by atoms with van der Waals surface area (Å²) >= 11 is 0. The van der Waals surface area contributed by atoms with Crippen molar-refractivity contribution in [3.8, 4) is 0 Å². The minimum Gasteiger partial charge on any atom is -0.370 e. The number of aliphatic imine (C=N–C) groups is 1. The molecule has 116 valence electrons. The Morgan fingerprint density at radius 2 is 1.74 bits per heavy atom. The highest BCUT2D eigenvalue weighted by Crippen LogP contribution is 2.07. The Bertz CT molecular complexity index is 762. The highest BCUT2D eigenvalue weighted by atomic mass is 15.1. The van der Waals surface area contributed by atoms with E-state index in [-0.39, 0.29) is 0 Å². The first-order valence-corrected chi connectivity index (χ1v) is 7.47. The lowest BCUT2D eigenvalue weighted by atomic mass is 10.2. The molecule has 23 heavy (non-hydrogen) atoms. The summed E-state index contributed by atoms with van der Waals surface area (Å²) in [6.07, 6.45) is 3.74. The van der Waals surface area contributed by atoms with Gasteiger partial charge in [-0.05, 0) is 17.7 Å². The van der Waals surface area contributed by atoms with Gasteiger partial charge in [0.25, 0.3) is 0 Å². The van der Waals surface area contributed by atoms with E-state index in [2.05, 4.69) is 32.0 Å². The van der Waals surface area contributed by atoms with Crippen molar-refractivity contribution >= 4 is 11.6 Å². The molecule has 0 aliphatic carbocycles. The maximum absolute atomic E-state index is 5.93. The summed E-state index contributed by atoms with van der Waals surface area (Å²) in [5.41, 5.74) is 8.07. The van der Waals surface area contributed by atoms with Gasteiger partial charge < -0.3 is 15.6 Å². The first kappa shape index (κ1) is 14.8. The zero-order chi connectivity index (χ0) is 15.9. The smallest absolute Gasteiger partial charge is 0.193 e. The molecule has 0 spiro atoms. The lowest BCUT2D eigenvalue weighted by Crippen LogP contribution is -2.22. The molecule has 3 aromatic rings. The summed E-state index contributed by atoms with van der Waals surface area (Å²) in [5, 5.41) is 3.06. The zero-order valence-electron chi connectivity index (χ0n) is 12.8. The molecule has 0 fully saturated rings. The molecule has 0 radical (unpaired) electrons. The number of anilines is 1. The Morgan fingerprint density at radius 1 is 1.04 bits per heavy atom. The number of para-hydroxylation sites is 1. The van der Waals surface area contributed by atoms with E-state index < -0.39 is 0 Å². The quantitative estimate of drug-likeness (QED) is 0.562. The standard InChI is InChI=1S/C18H19N5/c19-18(22-16-9-5-2-6-10-16)21-13-17-20-11-12-23(17)14-15-7-3-1-4-8-15/h1-12H,13-14H2,(H3,19,21,22). The molecule has 5 nitrogen and oxygen atoms in total. The Morgan fingerprint density at radius 3 is 2.48 bits per heavy atom. The van der Waals surface area contributed by atoms with Crippen molar-refractivity contribution in [3.63, 3.8) is 0 Å². The van der Waals surface area contributed by atoms with Crippen molar-refractivity contribution in [2.75, 3.05) is 5.32 Å². The third-order valence-electron chi connectivity index (χ3n) is 3.43. The van der Waals surface area contributed by atoms with Crippen LogP contribution in [0, 0.1) is 0 Å². The number of nitrogens with two attached hydrogens (primary N) is 1. The number of hydrogen-bond acceptors (Lipinski definition) is 2. The van der Waals surface area contributed by atoms with Gasteiger partial charge in [0.1, 0.15) is 12.4 Å². The Kier molecular flexibility index (Phi) is 4.69. The number of aromatic nitrogens is 2. The first-order valence-electron chi connectivity index (χ1n) is 7.47. The van der Waals surface area contributed by atoms with Crippen molar-refractivity contribution < 1.29 is 0 Å². The second-order valence-electron chi connectivity index (χ2n) is 5.15. The fourth-order valence-electron chi connectivity index (χ4n) is 2.28. The van der Waals surface area contributed by atoms with E-state index in [1.807, 2.05) is 54.7 Å². The number of guanidine groups is 1. The van der Waals surface area contributed by atoms with Crippen molar-refractivity contribution in [2.24, 2.45) is 10.7 Å². The van der Waals surface area contributed by atoms with Gasteiger partial charge in [-0.3, -0.25) is 0 Å². The fraction of sp³-hybridized carbons (Fsp3) is 0.111. The molecule has 3 rings (SSSR count). The minimum atomic E-state index is 0.380. The number of hydrogen-bond donors (Lipinski definition) is 2. The van der Waals surface area contributed by atoms with Gasteiger partial charge in [-0.1, -0.05) is 48.5 Å². The largest absolute Gasteiger partial charge is 0.370 e. The minimum absolute atomic E-state index is 0.380. The lowest BCUT2D eigenvalue weighted by Gasteiger charge is -2.08. The summed E-state index contributed by atoms with van der Waals surface area (Å²) < 4.78 is 2.08. The van der Waals surface area contributed by atoms with Crippen LogP contribution in [0.4, 0.5) is 5.69 Å². The number of benzene rings is 2. The van der Waals surface area contributed by atoms with E-state index in [9.17, 15) is 0 Å². The average Bonchev–Trinajstić information content (AvgIpc) is 3.02. The van der Waals surface area contributed by atoms with Gasteiger partial charge in [0.05, 0.1) is 0 Å². The van der Waals surface area contributed by atoms with Crippen LogP contribution in [0.5, 0.6) is 0 Å². The highest BCUT2D eigenvalue weighted by Gasteiger charge is 2.03. The maximum Gasteiger partial charge on any atom is 0.193 e. The molecule has 0 saturated carbocycles. The van der Waals surface area contributed by atoms with Crippen molar-refractivity contribution in [2.45, 2.75) is 13.1 Å². The summed E-state index contributed by atoms with van der Waals surface area (Å²) in [7, 11) is 0. The molecule has 0 unspecified atom stereocenters. The van der Waals surface area contributed by atoms with Gasteiger partial charge in [0, 0.05) is 24.6 Å². The third kappa shape index (κ3) is 4.20. The van der Waals surface area contributed by atoms with E-state index >= 15 is 0 Å². The molecule has 1 heterocycles. The van der Waals surface area contributed by atoms with Crippen LogP contribution in [0.15, 0.2) is 78.0 Å². The Labute approximate surface area is 135 Å². The van der Waals surface area contributed by atoms with Crippen LogP contribution >= 0.6 is 0 Å². The first-order chi connectivity index (χ1) is 11.3. The number of nitrogens with one attached hydrogen (secondary N) is 1. The lowest BCUT2D eigenvalue weighted by molar-refractivity contribution is 0.724.